The van der Waals surface area contributed by atoms with Crippen molar-refractivity contribution in [1.29, 1.82) is 0 Å². The van der Waals surface area contributed by atoms with Gasteiger partial charge in [0.1, 0.15) is 0 Å². The third kappa shape index (κ3) is 1.99. The van der Waals surface area contributed by atoms with Crippen LogP contribution in [0.5, 0.6) is 0 Å². The minimum Gasteiger partial charge on any atom is -0.330 e. The maximum atomic E-state index is 12.5. The molecule has 13 heavy (non-hydrogen) atoms. The van der Waals surface area contributed by atoms with Gasteiger partial charge in [-0.15, -0.1) is 0 Å². The Kier molecular flexibility index (Phi) is 2.28. The second kappa shape index (κ2) is 3.17. The van der Waals surface area contributed by atoms with Gasteiger partial charge in [0.15, 0.2) is 0 Å². The lowest BCUT2D eigenvalue weighted by molar-refractivity contribution is -0.121. The quantitative estimate of drug-likeness (QED) is 0.717. The van der Waals surface area contributed by atoms with Gasteiger partial charge in [0.2, 0.25) is 5.92 Å². The van der Waals surface area contributed by atoms with Crippen LogP contribution in [0, 0.1) is 11.8 Å². The summed E-state index contributed by atoms with van der Waals surface area (Å²) in [6.07, 6.45) is 0.188. The highest BCUT2D eigenvalue weighted by Crippen LogP contribution is 2.43. The third-order valence-corrected chi connectivity index (χ3v) is 3.06. The number of alkyl halides is 2. The number of nitrogens with zero attached hydrogens (tertiary/aromatic N) is 1. The highest BCUT2D eigenvalue weighted by atomic mass is 19.3. The summed E-state index contributed by atoms with van der Waals surface area (Å²) in [5.74, 6) is -1.52. The van der Waals surface area contributed by atoms with E-state index in [4.69, 9.17) is 5.73 Å². The molecule has 0 atom stereocenters. The summed E-state index contributed by atoms with van der Waals surface area (Å²) in [7, 11) is 0. The summed E-state index contributed by atoms with van der Waals surface area (Å²) < 4.78 is 24.9. The first kappa shape index (κ1) is 9.34. The first-order valence-electron chi connectivity index (χ1n) is 4.89. The summed E-state index contributed by atoms with van der Waals surface area (Å²) in [4.78, 5) is 2.23. The first-order chi connectivity index (χ1) is 6.09. The zero-order valence-corrected chi connectivity index (χ0v) is 7.68. The number of rotatable bonds is 3. The molecule has 2 nitrogen and oxygen atoms in total. The van der Waals surface area contributed by atoms with E-state index in [1.165, 1.54) is 0 Å². The van der Waals surface area contributed by atoms with Crippen LogP contribution in [-0.4, -0.2) is 37.0 Å². The SMILES string of the molecule is NCC1CN(CC2CC(F)(F)C2)C1. The second-order valence-electron chi connectivity index (χ2n) is 4.45. The Morgan fingerprint density at radius 3 is 2.31 bits per heavy atom. The van der Waals surface area contributed by atoms with Crippen LogP contribution in [0.4, 0.5) is 8.78 Å². The molecule has 2 rings (SSSR count). The van der Waals surface area contributed by atoms with E-state index in [2.05, 4.69) is 4.90 Å². The molecule has 0 amide bonds. The predicted molar refractivity (Wildman–Crippen MR) is 46.7 cm³/mol. The Morgan fingerprint density at radius 1 is 1.23 bits per heavy atom. The lowest BCUT2D eigenvalue weighted by atomic mass is 9.80. The number of nitrogens with two attached hydrogens (primary N) is 1. The van der Waals surface area contributed by atoms with Crippen LogP contribution in [0.3, 0.4) is 0 Å². The molecule has 1 saturated carbocycles. The number of halogens is 2. The fraction of sp³-hybridized carbons (Fsp3) is 1.00. The first-order valence-corrected chi connectivity index (χ1v) is 4.89. The van der Waals surface area contributed by atoms with E-state index in [9.17, 15) is 8.78 Å². The lowest BCUT2D eigenvalue weighted by Crippen LogP contribution is -2.53. The topological polar surface area (TPSA) is 29.3 Å². The number of hydrogen-bond acceptors (Lipinski definition) is 2. The van der Waals surface area contributed by atoms with Gasteiger partial charge in [-0.3, -0.25) is 0 Å². The minimum atomic E-state index is -2.36. The fourth-order valence-electron chi connectivity index (χ4n) is 2.25. The monoisotopic (exact) mass is 190 g/mol. The minimum absolute atomic E-state index is 0.0940. The van der Waals surface area contributed by atoms with Crippen LogP contribution in [0.1, 0.15) is 12.8 Å². The summed E-state index contributed by atoms with van der Waals surface area (Å²) in [5, 5.41) is 0. The normalized spacial score (nSPS) is 29.8. The lowest BCUT2D eigenvalue weighted by Gasteiger charge is -2.44. The van der Waals surface area contributed by atoms with Crippen molar-refractivity contribution in [2.24, 2.45) is 17.6 Å². The largest absolute Gasteiger partial charge is 0.330 e. The molecular formula is C9H16F2N2. The maximum absolute atomic E-state index is 12.5. The molecule has 0 aromatic carbocycles. The van der Waals surface area contributed by atoms with Crippen molar-refractivity contribution < 1.29 is 8.78 Å². The third-order valence-electron chi connectivity index (χ3n) is 3.06. The summed E-state index contributed by atoms with van der Waals surface area (Å²) in [6, 6.07) is 0. The van der Waals surface area contributed by atoms with Crippen molar-refractivity contribution in [3.8, 4) is 0 Å². The highest BCUT2D eigenvalue weighted by Gasteiger charge is 2.46. The standard InChI is InChI=1S/C9H16F2N2/c10-9(11)1-7(2-9)4-13-5-8(3-12)6-13/h7-8H,1-6,12H2. The van der Waals surface area contributed by atoms with Crippen molar-refractivity contribution >= 4 is 0 Å². The average Bonchev–Trinajstić information content (AvgIpc) is 1.91. The molecule has 4 heteroatoms. The molecule has 0 aromatic heterocycles. The summed E-state index contributed by atoms with van der Waals surface area (Å²) in [6.45, 7) is 3.61. The van der Waals surface area contributed by atoms with E-state index in [0.29, 0.717) is 5.92 Å². The van der Waals surface area contributed by atoms with Crippen molar-refractivity contribution in [3.63, 3.8) is 0 Å². The van der Waals surface area contributed by atoms with Crippen molar-refractivity contribution in [2.45, 2.75) is 18.8 Å². The van der Waals surface area contributed by atoms with Gasteiger partial charge in [0, 0.05) is 32.5 Å². The van der Waals surface area contributed by atoms with Crippen molar-refractivity contribution in [3.05, 3.63) is 0 Å². The zero-order chi connectivity index (χ0) is 9.47. The smallest absolute Gasteiger partial charge is 0.248 e. The van der Waals surface area contributed by atoms with Gasteiger partial charge >= 0.3 is 0 Å². The Labute approximate surface area is 77.1 Å². The van der Waals surface area contributed by atoms with E-state index < -0.39 is 5.92 Å². The molecule has 0 aromatic rings. The molecule has 0 bridgehead atoms. The number of likely N-dealkylation sites (tertiary alicyclic amines) is 1. The molecule has 1 aliphatic carbocycles. The molecule has 2 aliphatic rings. The molecule has 0 radical (unpaired) electrons. The molecular weight excluding hydrogens is 174 g/mol. The van der Waals surface area contributed by atoms with Crippen LogP contribution in [0.25, 0.3) is 0 Å². The van der Waals surface area contributed by atoms with E-state index in [-0.39, 0.29) is 18.8 Å². The Balaban J connectivity index is 1.61. The fourth-order valence-corrected chi connectivity index (χ4v) is 2.25. The molecule has 2 N–H and O–H groups in total. The van der Waals surface area contributed by atoms with E-state index >= 15 is 0 Å². The molecule has 1 heterocycles. The van der Waals surface area contributed by atoms with Gasteiger partial charge in [-0.25, -0.2) is 8.78 Å². The van der Waals surface area contributed by atoms with Gasteiger partial charge in [0.25, 0.3) is 0 Å². The molecule has 1 saturated heterocycles. The van der Waals surface area contributed by atoms with Crippen molar-refractivity contribution in [1.82, 2.24) is 4.90 Å². The van der Waals surface area contributed by atoms with Crippen molar-refractivity contribution in [2.75, 3.05) is 26.2 Å². The Morgan fingerprint density at radius 2 is 1.85 bits per heavy atom. The van der Waals surface area contributed by atoms with Gasteiger partial charge in [-0.1, -0.05) is 0 Å². The average molecular weight is 190 g/mol. The van der Waals surface area contributed by atoms with E-state index in [1.54, 1.807) is 0 Å². The number of hydrogen-bond donors (Lipinski definition) is 1. The van der Waals surface area contributed by atoms with E-state index in [1.807, 2.05) is 0 Å². The molecule has 0 unspecified atom stereocenters. The van der Waals surface area contributed by atoms with Gasteiger partial charge in [-0.05, 0) is 18.4 Å². The zero-order valence-electron chi connectivity index (χ0n) is 7.68. The van der Waals surface area contributed by atoms with Crippen LogP contribution in [-0.2, 0) is 0 Å². The molecule has 2 fully saturated rings. The Bertz CT molecular complexity index is 182. The summed E-state index contributed by atoms with van der Waals surface area (Å²) >= 11 is 0. The Hall–Kier alpha value is -0.220. The molecule has 1 aliphatic heterocycles. The molecule has 0 spiro atoms. The van der Waals surface area contributed by atoms with Gasteiger partial charge in [-0.2, -0.15) is 0 Å². The maximum Gasteiger partial charge on any atom is 0.248 e. The second-order valence-corrected chi connectivity index (χ2v) is 4.45. The highest BCUT2D eigenvalue weighted by molar-refractivity contribution is 4.90. The van der Waals surface area contributed by atoms with Gasteiger partial charge in [0.05, 0.1) is 0 Å². The van der Waals surface area contributed by atoms with Crippen LogP contribution < -0.4 is 5.73 Å². The predicted octanol–water partition coefficient (Wildman–Crippen LogP) is 0.922. The molecule has 76 valence electrons. The van der Waals surface area contributed by atoms with Gasteiger partial charge < -0.3 is 10.6 Å². The van der Waals surface area contributed by atoms with Crippen LogP contribution in [0.15, 0.2) is 0 Å². The summed E-state index contributed by atoms with van der Waals surface area (Å²) in [5.41, 5.74) is 5.47. The van der Waals surface area contributed by atoms with Crippen LogP contribution >= 0.6 is 0 Å². The van der Waals surface area contributed by atoms with Crippen LogP contribution in [0.2, 0.25) is 0 Å². The van der Waals surface area contributed by atoms with E-state index in [0.717, 1.165) is 26.2 Å².